The zero-order valence-corrected chi connectivity index (χ0v) is 16.7. The molecule has 0 amide bonds. The fraction of sp³-hybridized carbons (Fsp3) is 0.680. The Kier molecular flexibility index (Phi) is 4.08. The number of fused-ring (bicyclic) bond motifs is 3. The van der Waals surface area contributed by atoms with E-state index in [1.54, 1.807) is 5.56 Å². The lowest BCUT2D eigenvalue weighted by Gasteiger charge is -2.48. The molecule has 1 N–H and O–H groups in total. The Bertz CT molecular complexity index is 702. The molecule has 1 nitrogen and oxygen atoms in total. The van der Waals surface area contributed by atoms with E-state index in [9.17, 15) is 0 Å². The standard InChI is InChI=1S/C25H35N/c1-16-13-19-14-18-8-6-12-26-23(18)15-21(19)24(16)25(2,3)22-11-10-17-7-4-5-9-20(17)22/h4-5,7,9-11,16,18-19,21-24,26H,6,8,12-15H2,1-3H3. The van der Waals surface area contributed by atoms with Crippen molar-refractivity contribution in [1.29, 1.82) is 0 Å². The van der Waals surface area contributed by atoms with E-state index in [4.69, 9.17) is 0 Å². The summed E-state index contributed by atoms with van der Waals surface area (Å²) in [5, 5.41) is 3.89. The monoisotopic (exact) mass is 349 g/mol. The van der Waals surface area contributed by atoms with Crippen LogP contribution in [0.15, 0.2) is 30.3 Å². The van der Waals surface area contributed by atoms with Gasteiger partial charge in [0.25, 0.3) is 0 Å². The zero-order valence-electron chi connectivity index (χ0n) is 16.7. The minimum Gasteiger partial charge on any atom is -0.314 e. The van der Waals surface area contributed by atoms with Crippen LogP contribution in [0.4, 0.5) is 0 Å². The van der Waals surface area contributed by atoms with E-state index in [0.29, 0.717) is 11.3 Å². The minimum absolute atomic E-state index is 0.337. The van der Waals surface area contributed by atoms with Gasteiger partial charge < -0.3 is 5.32 Å². The Balaban J connectivity index is 1.44. The minimum atomic E-state index is 0.337. The van der Waals surface area contributed by atoms with Gasteiger partial charge in [-0.25, -0.2) is 0 Å². The van der Waals surface area contributed by atoms with Crippen LogP contribution in [0.2, 0.25) is 0 Å². The van der Waals surface area contributed by atoms with Gasteiger partial charge in [-0.3, -0.25) is 0 Å². The fourth-order valence-electron chi connectivity index (χ4n) is 7.77. The van der Waals surface area contributed by atoms with Crippen molar-refractivity contribution in [1.82, 2.24) is 5.32 Å². The van der Waals surface area contributed by atoms with E-state index in [1.165, 1.54) is 44.2 Å². The molecule has 7 atom stereocenters. The first-order valence-corrected chi connectivity index (χ1v) is 11.1. The zero-order chi connectivity index (χ0) is 17.9. The maximum Gasteiger partial charge on any atom is 0.00982 e. The Labute approximate surface area is 159 Å². The van der Waals surface area contributed by atoms with E-state index in [-0.39, 0.29) is 0 Å². The van der Waals surface area contributed by atoms with Crippen LogP contribution in [-0.2, 0) is 0 Å². The van der Waals surface area contributed by atoms with Crippen molar-refractivity contribution in [2.45, 2.75) is 64.8 Å². The molecule has 1 heteroatoms. The van der Waals surface area contributed by atoms with Crippen molar-refractivity contribution >= 4 is 6.08 Å². The maximum atomic E-state index is 3.89. The Morgan fingerprint density at radius 3 is 2.77 bits per heavy atom. The molecule has 0 aromatic heterocycles. The van der Waals surface area contributed by atoms with Crippen LogP contribution in [0.25, 0.3) is 6.08 Å². The highest BCUT2D eigenvalue weighted by Crippen LogP contribution is 2.61. The van der Waals surface area contributed by atoms with E-state index in [1.807, 2.05) is 0 Å². The number of nitrogens with one attached hydrogen (secondary N) is 1. The Hall–Kier alpha value is -1.08. The van der Waals surface area contributed by atoms with Crippen LogP contribution >= 0.6 is 0 Å². The van der Waals surface area contributed by atoms with Crippen molar-refractivity contribution in [3.63, 3.8) is 0 Å². The van der Waals surface area contributed by atoms with Crippen LogP contribution in [-0.4, -0.2) is 12.6 Å². The van der Waals surface area contributed by atoms with Crippen LogP contribution in [0.3, 0.4) is 0 Å². The molecular formula is C25H35N. The van der Waals surface area contributed by atoms with Gasteiger partial charge in [-0.15, -0.1) is 0 Å². The molecule has 1 aromatic carbocycles. The normalized spacial score (nSPS) is 41.6. The number of piperidine rings is 1. The van der Waals surface area contributed by atoms with Crippen molar-refractivity contribution in [2.24, 2.45) is 35.0 Å². The molecule has 1 saturated heterocycles. The third kappa shape index (κ3) is 2.53. The average molecular weight is 350 g/mol. The quantitative estimate of drug-likeness (QED) is 0.703. The van der Waals surface area contributed by atoms with Gasteiger partial charge in [-0.05, 0) is 84.8 Å². The van der Waals surface area contributed by atoms with Crippen LogP contribution < -0.4 is 5.32 Å². The predicted molar refractivity (Wildman–Crippen MR) is 110 cm³/mol. The fourth-order valence-corrected chi connectivity index (χ4v) is 7.77. The molecule has 7 unspecified atom stereocenters. The molecule has 5 rings (SSSR count). The van der Waals surface area contributed by atoms with Crippen molar-refractivity contribution in [2.75, 3.05) is 6.54 Å². The number of hydrogen-bond donors (Lipinski definition) is 1. The van der Waals surface area contributed by atoms with Gasteiger partial charge in [0.2, 0.25) is 0 Å². The molecule has 3 aliphatic carbocycles. The van der Waals surface area contributed by atoms with Crippen molar-refractivity contribution in [3.05, 3.63) is 41.5 Å². The van der Waals surface area contributed by atoms with Crippen LogP contribution in [0.5, 0.6) is 0 Å². The third-order valence-electron chi connectivity index (χ3n) is 8.67. The summed E-state index contributed by atoms with van der Waals surface area (Å²) in [5.74, 6) is 5.16. The first-order valence-electron chi connectivity index (χ1n) is 11.1. The van der Waals surface area contributed by atoms with Gasteiger partial charge in [0.1, 0.15) is 0 Å². The molecule has 1 aromatic rings. The second kappa shape index (κ2) is 6.23. The molecule has 26 heavy (non-hydrogen) atoms. The lowest BCUT2D eigenvalue weighted by molar-refractivity contribution is 0.0478. The molecule has 2 saturated carbocycles. The highest BCUT2D eigenvalue weighted by molar-refractivity contribution is 5.63. The first kappa shape index (κ1) is 17.0. The summed E-state index contributed by atoms with van der Waals surface area (Å²) in [6, 6.07) is 9.88. The van der Waals surface area contributed by atoms with Crippen LogP contribution in [0.1, 0.15) is 69.9 Å². The van der Waals surface area contributed by atoms with Crippen LogP contribution in [0, 0.1) is 35.0 Å². The van der Waals surface area contributed by atoms with E-state index in [2.05, 4.69) is 62.5 Å². The summed E-state index contributed by atoms with van der Waals surface area (Å²) < 4.78 is 0. The predicted octanol–water partition coefficient (Wildman–Crippen LogP) is 5.87. The number of allylic oxidation sites excluding steroid dienone is 1. The van der Waals surface area contributed by atoms with Gasteiger partial charge in [0.05, 0.1) is 0 Å². The number of hydrogen-bond acceptors (Lipinski definition) is 1. The van der Waals surface area contributed by atoms with Crippen molar-refractivity contribution in [3.8, 4) is 0 Å². The highest BCUT2D eigenvalue weighted by atomic mass is 14.9. The molecular weight excluding hydrogens is 314 g/mol. The number of rotatable bonds is 2. The Morgan fingerprint density at radius 2 is 1.88 bits per heavy atom. The highest BCUT2D eigenvalue weighted by Gasteiger charge is 2.54. The van der Waals surface area contributed by atoms with Gasteiger partial charge in [0.15, 0.2) is 0 Å². The van der Waals surface area contributed by atoms with Gasteiger partial charge in [0, 0.05) is 12.0 Å². The summed E-state index contributed by atoms with van der Waals surface area (Å²) in [6.45, 7) is 8.97. The SMILES string of the molecule is CC1CC2CC3CCCNC3CC2C1C(C)(C)C1C=Cc2ccccc21. The van der Waals surface area contributed by atoms with E-state index in [0.717, 1.165) is 35.6 Å². The van der Waals surface area contributed by atoms with Gasteiger partial charge >= 0.3 is 0 Å². The lowest BCUT2D eigenvalue weighted by Crippen LogP contribution is -2.49. The summed E-state index contributed by atoms with van der Waals surface area (Å²) in [5.41, 5.74) is 3.35. The summed E-state index contributed by atoms with van der Waals surface area (Å²) in [7, 11) is 0. The topological polar surface area (TPSA) is 12.0 Å². The third-order valence-corrected chi connectivity index (χ3v) is 8.67. The second-order valence-electron chi connectivity index (χ2n) is 10.4. The first-order chi connectivity index (χ1) is 12.6. The Morgan fingerprint density at radius 1 is 1.04 bits per heavy atom. The summed E-state index contributed by atoms with van der Waals surface area (Å²) >= 11 is 0. The summed E-state index contributed by atoms with van der Waals surface area (Å²) in [4.78, 5) is 0. The smallest absolute Gasteiger partial charge is 0.00982 e. The maximum absolute atomic E-state index is 3.89. The van der Waals surface area contributed by atoms with Gasteiger partial charge in [-0.2, -0.15) is 0 Å². The molecule has 1 aliphatic heterocycles. The number of benzene rings is 1. The average Bonchev–Trinajstić information content (AvgIpc) is 3.20. The largest absolute Gasteiger partial charge is 0.314 e. The van der Waals surface area contributed by atoms with E-state index < -0.39 is 0 Å². The molecule has 3 fully saturated rings. The molecule has 0 bridgehead atoms. The molecule has 140 valence electrons. The second-order valence-corrected chi connectivity index (χ2v) is 10.4. The molecule has 4 aliphatic rings. The van der Waals surface area contributed by atoms with E-state index >= 15 is 0 Å². The lowest BCUT2D eigenvalue weighted by atomic mass is 9.58. The summed E-state index contributed by atoms with van der Waals surface area (Å²) in [6.07, 6.45) is 12.2. The molecule has 0 spiro atoms. The molecule has 1 heterocycles. The van der Waals surface area contributed by atoms with Crippen molar-refractivity contribution < 1.29 is 0 Å². The molecule has 0 radical (unpaired) electrons. The van der Waals surface area contributed by atoms with Gasteiger partial charge in [-0.1, -0.05) is 57.2 Å².